The van der Waals surface area contributed by atoms with Crippen molar-refractivity contribution in [1.82, 2.24) is 0 Å². The van der Waals surface area contributed by atoms with E-state index in [4.69, 9.17) is 4.74 Å². The van der Waals surface area contributed by atoms with Gasteiger partial charge < -0.3 is 4.74 Å². The second kappa shape index (κ2) is 6.72. The summed E-state index contributed by atoms with van der Waals surface area (Å²) in [4.78, 5) is 21.0. The molecule has 0 amide bonds. The molecule has 0 aromatic rings. The van der Waals surface area contributed by atoms with Crippen LogP contribution in [0.25, 0.3) is 0 Å². The van der Waals surface area contributed by atoms with E-state index in [0.717, 1.165) is 19.3 Å². The number of ketones is 1. The van der Waals surface area contributed by atoms with E-state index < -0.39 is 0 Å². The van der Waals surface area contributed by atoms with Crippen molar-refractivity contribution in [2.45, 2.75) is 52.1 Å². The number of hydrogen-bond acceptors (Lipinski definition) is 3. The topological polar surface area (TPSA) is 43.4 Å². The van der Waals surface area contributed by atoms with E-state index in [2.05, 4.69) is 0 Å². The third-order valence-corrected chi connectivity index (χ3v) is 2.71. The summed E-state index contributed by atoms with van der Waals surface area (Å²) in [6, 6.07) is 0. The number of aldehydes is 1. The minimum absolute atomic E-state index is 0.0889. The van der Waals surface area contributed by atoms with Gasteiger partial charge in [-0.25, -0.2) is 0 Å². The zero-order valence-corrected chi connectivity index (χ0v) is 10.2. The Bertz CT molecular complexity index is 209. The zero-order valence-electron chi connectivity index (χ0n) is 10.2. The molecule has 0 radical (unpaired) electrons. The van der Waals surface area contributed by atoms with Crippen molar-refractivity contribution in [1.29, 1.82) is 0 Å². The molecule has 1 unspecified atom stereocenters. The van der Waals surface area contributed by atoms with Crippen LogP contribution in [0.15, 0.2) is 0 Å². The van der Waals surface area contributed by atoms with Crippen LogP contribution in [0.4, 0.5) is 0 Å². The van der Waals surface area contributed by atoms with Crippen LogP contribution in [-0.4, -0.2) is 24.8 Å². The van der Waals surface area contributed by atoms with E-state index in [0.29, 0.717) is 12.7 Å². The normalized spacial score (nSPS) is 13.6. The van der Waals surface area contributed by atoms with Crippen molar-refractivity contribution in [2.75, 3.05) is 7.11 Å². The zero-order chi connectivity index (χ0) is 11.9. The van der Waals surface area contributed by atoms with Crippen LogP contribution in [0.3, 0.4) is 0 Å². The monoisotopic (exact) mass is 214 g/mol. The van der Waals surface area contributed by atoms with Gasteiger partial charge in [-0.15, -0.1) is 0 Å². The average molecular weight is 214 g/mol. The molecule has 0 aromatic carbocycles. The molecule has 0 aromatic heterocycles. The molecule has 0 aliphatic heterocycles. The lowest BCUT2D eigenvalue weighted by Crippen LogP contribution is -2.22. The van der Waals surface area contributed by atoms with E-state index in [1.165, 1.54) is 0 Å². The predicted molar refractivity (Wildman–Crippen MR) is 59.8 cm³/mol. The molecular weight excluding hydrogens is 192 g/mol. The molecule has 0 fully saturated rings. The van der Waals surface area contributed by atoms with Crippen LogP contribution >= 0.6 is 0 Å². The smallest absolute Gasteiger partial charge is 0.195 e. The molecule has 0 saturated carbocycles. The second-order valence-corrected chi connectivity index (χ2v) is 4.75. The first kappa shape index (κ1) is 14.3. The third-order valence-electron chi connectivity index (χ3n) is 2.71. The van der Waals surface area contributed by atoms with Crippen LogP contribution in [0.1, 0.15) is 46.5 Å². The molecule has 0 spiro atoms. The molecule has 0 heterocycles. The van der Waals surface area contributed by atoms with Crippen LogP contribution < -0.4 is 0 Å². The third kappa shape index (κ3) is 7.25. The van der Waals surface area contributed by atoms with Gasteiger partial charge in [0, 0.05) is 13.5 Å². The predicted octanol–water partition coefficient (Wildman–Crippen LogP) is 2.38. The maximum absolute atomic E-state index is 10.8. The number of Topliss-reactive ketones (excluding diaryl/α,β-unsaturated/α-hetero) is 1. The summed E-state index contributed by atoms with van der Waals surface area (Å²) >= 11 is 0. The van der Waals surface area contributed by atoms with Crippen molar-refractivity contribution in [3.05, 3.63) is 0 Å². The molecule has 0 saturated heterocycles. The fraction of sp³-hybridized carbons (Fsp3) is 0.833. The van der Waals surface area contributed by atoms with E-state index in [1.54, 1.807) is 7.11 Å². The van der Waals surface area contributed by atoms with Gasteiger partial charge in [0.25, 0.3) is 0 Å². The Kier molecular flexibility index (Phi) is 6.41. The van der Waals surface area contributed by atoms with Crippen LogP contribution in [-0.2, 0) is 14.3 Å². The maximum atomic E-state index is 10.8. The van der Waals surface area contributed by atoms with Crippen molar-refractivity contribution in [2.24, 2.45) is 5.92 Å². The van der Waals surface area contributed by atoms with Gasteiger partial charge in [-0.1, -0.05) is 19.8 Å². The average Bonchev–Trinajstić information content (AvgIpc) is 2.17. The Morgan fingerprint density at radius 3 is 2.53 bits per heavy atom. The summed E-state index contributed by atoms with van der Waals surface area (Å²) in [5.41, 5.74) is -0.0889. The molecule has 88 valence electrons. The molecule has 0 aliphatic rings. The van der Waals surface area contributed by atoms with Gasteiger partial charge in [-0.05, 0) is 26.2 Å². The highest BCUT2D eigenvalue weighted by Crippen LogP contribution is 2.20. The Balaban J connectivity index is 3.68. The molecule has 0 aliphatic carbocycles. The second-order valence-electron chi connectivity index (χ2n) is 4.75. The Morgan fingerprint density at radius 2 is 2.07 bits per heavy atom. The molecule has 3 heteroatoms. The van der Waals surface area contributed by atoms with Crippen molar-refractivity contribution >= 4 is 12.1 Å². The van der Waals surface area contributed by atoms with Crippen LogP contribution in [0, 0.1) is 5.92 Å². The van der Waals surface area contributed by atoms with Crippen molar-refractivity contribution in [3.63, 3.8) is 0 Å². The number of carbonyl (C=O) groups is 2. The highest BCUT2D eigenvalue weighted by atomic mass is 16.5. The van der Waals surface area contributed by atoms with E-state index in [-0.39, 0.29) is 17.3 Å². The maximum Gasteiger partial charge on any atom is 0.195 e. The van der Waals surface area contributed by atoms with E-state index in [1.807, 2.05) is 20.8 Å². The lowest BCUT2D eigenvalue weighted by Gasteiger charge is -2.23. The SMILES string of the molecule is COC(C)(C)CCCC(C)CC(=O)C=O. The van der Waals surface area contributed by atoms with Crippen LogP contribution in [0.2, 0.25) is 0 Å². The fourth-order valence-corrected chi connectivity index (χ4v) is 1.47. The number of methoxy groups -OCH3 is 1. The molecule has 0 rings (SSSR count). The molecule has 1 atom stereocenters. The first-order valence-electron chi connectivity index (χ1n) is 5.44. The van der Waals surface area contributed by atoms with Gasteiger partial charge in [0.15, 0.2) is 12.1 Å². The van der Waals surface area contributed by atoms with Gasteiger partial charge in [-0.3, -0.25) is 9.59 Å². The summed E-state index contributed by atoms with van der Waals surface area (Å²) < 4.78 is 5.30. The first-order chi connectivity index (χ1) is 6.91. The number of ether oxygens (including phenoxy) is 1. The highest BCUT2D eigenvalue weighted by molar-refractivity contribution is 6.24. The van der Waals surface area contributed by atoms with Gasteiger partial charge in [0.05, 0.1) is 5.60 Å². The highest BCUT2D eigenvalue weighted by Gasteiger charge is 2.16. The quantitative estimate of drug-likeness (QED) is 0.460. The van der Waals surface area contributed by atoms with Gasteiger partial charge in [0.2, 0.25) is 0 Å². The largest absolute Gasteiger partial charge is 0.379 e. The first-order valence-corrected chi connectivity index (χ1v) is 5.44. The lowest BCUT2D eigenvalue weighted by atomic mass is 9.94. The summed E-state index contributed by atoms with van der Waals surface area (Å²) in [5, 5.41) is 0. The molecule has 0 N–H and O–H groups in total. The molecule has 0 bridgehead atoms. The van der Waals surface area contributed by atoms with Crippen molar-refractivity contribution < 1.29 is 14.3 Å². The number of hydrogen-bond donors (Lipinski definition) is 0. The number of rotatable bonds is 8. The van der Waals surface area contributed by atoms with E-state index in [9.17, 15) is 9.59 Å². The summed E-state index contributed by atoms with van der Waals surface area (Å²) in [5.74, 6) is -0.0103. The Morgan fingerprint density at radius 1 is 1.47 bits per heavy atom. The summed E-state index contributed by atoms with van der Waals surface area (Å²) in [7, 11) is 1.71. The summed E-state index contributed by atoms with van der Waals surface area (Å²) in [6.07, 6.45) is 3.75. The number of carbonyl (C=O) groups excluding carboxylic acids is 2. The minimum atomic E-state index is -0.298. The summed E-state index contributed by atoms with van der Waals surface area (Å²) in [6.45, 7) is 6.10. The molecular formula is C12H22O3. The van der Waals surface area contributed by atoms with Crippen molar-refractivity contribution in [3.8, 4) is 0 Å². The van der Waals surface area contributed by atoms with Gasteiger partial charge in [-0.2, -0.15) is 0 Å². The lowest BCUT2D eigenvalue weighted by molar-refractivity contribution is -0.130. The Hall–Kier alpha value is -0.700. The fourth-order valence-electron chi connectivity index (χ4n) is 1.47. The standard InChI is InChI=1S/C12H22O3/c1-10(8-11(14)9-13)6-5-7-12(2,3)15-4/h9-10H,5-8H2,1-4H3. The molecule has 3 nitrogen and oxygen atoms in total. The van der Waals surface area contributed by atoms with Gasteiger partial charge >= 0.3 is 0 Å². The van der Waals surface area contributed by atoms with E-state index >= 15 is 0 Å². The molecule has 15 heavy (non-hydrogen) atoms. The Labute approximate surface area is 92.2 Å². The van der Waals surface area contributed by atoms with Crippen LogP contribution in [0.5, 0.6) is 0 Å². The minimum Gasteiger partial charge on any atom is -0.379 e. The van der Waals surface area contributed by atoms with Gasteiger partial charge in [0.1, 0.15) is 0 Å².